The van der Waals surface area contributed by atoms with Crippen molar-refractivity contribution in [2.24, 2.45) is 5.73 Å². The Morgan fingerprint density at radius 3 is 2.71 bits per heavy atom. The molecule has 0 aromatic carbocycles. The lowest BCUT2D eigenvalue weighted by atomic mass is 9.89. The number of carbonyl (C=O) groups excluding carboxylic acids is 1. The van der Waals surface area contributed by atoms with Gasteiger partial charge in [-0.25, -0.2) is 0 Å². The van der Waals surface area contributed by atoms with Crippen molar-refractivity contribution in [2.75, 3.05) is 6.54 Å². The molecule has 4 heteroatoms. The first-order chi connectivity index (χ1) is 6.74. The van der Waals surface area contributed by atoms with Gasteiger partial charge in [0, 0.05) is 30.9 Å². The smallest absolute Gasteiger partial charge is 0.257 e. The Hall–Kier alpha value is -1.32. The summed E-state index contributed by atoms with van der Waals surface area (Å²) < 4.78 is 0. The normalized spacial score (nSPS) is 23.7. The van der Waals surface area contributed by atoms with E-state index in [1.807, 2.05) is 4.90 Å². The highest BCUT2D eigenvalue weighted by Gasteiger charge is 2.33. The van der Waals surface area contributed by atoms with Crippen LogP contribution in [0.4, 0.5) is 0 Å². The second-order valence-electron chi connectivity index (χ2n) is 3.92. The number of hydrogen-bond acceptors (Lipinski definition) is 3. The van der Waals surface area contributed by atoms with E-state index in [2.05, 4.69) is 0 Å². The number of nitrogens with zero attached hydrogens (tertiary/aromatic N) is 1. The van der Waals surface area contributed by atoms with Gasteiger partial charge in [0.2, 0.25) is 0 Å². The predicted octanol–water partition coefficient (Wildman–Crippen LogP) is 0.634. The summed E-state index contributed by atoms with van der Waals surface area (Å²) >= 11 is 0. The van der Waals surface area contributed by atoms with Gasteiger partial charge in [0.15, 0.2) is 0 Å². The van der Waals surface area contributed by atoms with E-state index >= 15 is 0 Å². The number of nitrogens with two attached hydrogens (primary N) is 1. The SMILES string of the molecule is N=CC1=C(N)CCN(C2CCC2)C1=O. The summed E-state index contributed by atoms with van der Waals surface area (Å²) in [7, 11) is 0. The van der Waals surface area contributed by atoms with Crippen molar-refractivity contribution in [3.8, 4) is 0 Å². The van der Waals surface area contributed by atoms with E-state index in [1.165, 1.54) is 6.42 Å². The van der Waals surface area contributed by atoms with Crippen molar-refractivity contribution in [3.63, 3.8) is 0 Å². The highest BCUT2D eigenvalue weighted by atomic mass is 16.2. The minimum atomic E-state index is -0.0477. The fourth-order valence-corrected chi connectivity index (χ4v) is 1.97. The largest absolute Gasteiger partial charge is 0.401 e. The van der Waals surface area contributed by atoms with Gasteiger partial charge in [-0.15, -0.1) is 0 Å². The van der Waals surface area contributed by atoms with E-state index in [4.69, 9.17) is 11.1 Å². The summed E-state index contributed by atoms with van der Waals surface area (Å²) in [6.45, 7) is 0.729. The molecular weight excluding hydrogens is 178 g/mol. The molecular formula is C10H15N3O. The molecule has 2 aliphatic rings. The summed E-state index contributed by atoms with van der Waals surface area (Å²) in [6, 6.07) is 0.408. The maximum atomic E-state index is 11.8. The molecule has 1 amide bonds. The second-order valence-corrected chi connectivity index (χ2v) is 3.92. The standard InChI is InChI=1S/C10H15N3O/c11-6-8-9(12)4-5-13(10(8)14)7-2-1-3-7/h6-7,11H,1-5,12H2. The molecule has 1 saturated carbocycles. The van der Waals surface area contributed by atoms with Crippen LogP contribution in [0.25, 0.3) is 0 Å². The van der Waals surface area contributed by atoms with Crippen molar-refractivity contribution >= 4 is 12.1 Å². The Labute approximate surface area is 83.3 Å². The Morgan fingerprint density at radius 1 is 1.50 bits per heavy atom. The summed E-state index contributed by atoms with van der Waals surface area (Å²) in [5, 5.41) is 7.15. The number of hydrogen-bond donors (Lipinski definition) is 2. The minimum Gasteiger partial charge on any atom is -0.401 e. The fourth-order valence-electron chi connectivity index (χ4n) is 1.97. The third kappa shape index (κ3) is 1.31. The average Bonchev–Trinajstić information content (AvgIpc) is 2.08. The van der Waals surface area contributed by atoms with Crippen LogP contribution < -0.4 is 5.73 Å². The number of carbonyl (C=O) groups is 1. The molecule has 0 saturated heterocycles. The quantitative estimate of drug-likeness (QED) is 0.631. The van der Waals surface area contributed by atoms with E-state index in [0.29, 0.717) is 23.7 Å². The topological polar surface area (TPSA) is 70.2 Å². The average molecular weight is 193 g/mol. The maximum Gasteiger partial charge on any atom is 0.257 e. The van der Waals surface area contributed by atoms with Crippen molar-refractivity contribution < 1.29 is 4.79 Å². The van der Waals surface area contributed by atoms with Crippen LogP contribution in [0.3, 0.4) is 0 Å². The van der Waals surface area contributed by atoms with E-state index in [-0.39, 0.29) is 5.91 Å². The molecule has 1 aliphatic heterocycles. The van der Waals surface area contributed by atoms with Crippen LogP contribution in [0.1, 0.15) is 25.7 Å². The van der Waals surface area contributed by atoms with Gasteiger partial charge in [-0.2, -0.15) is 0 Å². The molecule has 0 radical (unpaired) electrons. The molecule has 1 fully saturated rings. The van der Waals surface area contributed by atoms with Crippen molar-refractivity contribution in [3.05, 3.63) is 11.3 Å². The molecule has 0 aromatic heterocycles. The van der Waals surface area contributed by atoms with Crippen molar-refractivity contribution in [1.29, 1.82) is 5.41 Å². The lowest BCUT2D eigenvalue weighted by Crippen LogP contribution is -2.48. The fraction of sp³-hybridized carbons (Fsp3) is 0.600. The van der Waals surface area contributed by atoms with E-state index < -0.39 is 0 Å². The van der Waals surface area contributed by atoms with Crippen LogP contribution in [0.5, 0.6) is 0 Å². The second kappa shape index (κ2) is 3.44. The van der Waals surface area contributed by atoms with Crippen molar-refractivity contribution in [2.45, 2.75) is 31.7 Å². The zero-order valence-corrected chi connectivity index (χ0v) is 8.12. The first-order valence-corrected chi connectivity index (χ1v) is 5.04. The number of amides is 1. The summed E-state index contributed by atoms with van der Waals surface area (Å²) in [5.41, 5.74) is 6.64. The van der Waals surface area contributed by atoms with Crippen LogP contribution in [0, 0.1) is 5.41 Å². The summed E-state index contributed by atoms with van der Waals surface area (Å²) in [4.78, 5) is 13.7. The molecule has 0 spiro atoms. The third-order valence-corrected chi connectivity index (χ3v) is 3.12. The van der Waals surface area contributed by atoms with Crippen molar-refractivity contribution in [1.82, 2.24) is 4.90 Å². The maximum absolute atomic E-state index is 11.8. The van der Waals surface area contributed by atoms with Gasteiger partial charge < -0.3 is 16.0 Å². The first kappa shape index (κ1) is 9.24. The Morgan fingerprint density at radius 2 is 2.21 bits per heavy atom. The van der Waals surface area contributed by atoms with Gasteiger partial charge in [-0.3, -0.25) is 4.79 Å². The third-order valence-electron chi connectivity index (χ3n) is 3.12. The van der Waals surface area contributed by atoms with Gasteiger partial charge >= 0.3 is 0 Å². The van der Waals surface area contributed by atoms with Crippen LogP contribution in [-0.2, 0) is 4.79 Å². The molecule has 0 bridgehead atoms. The van der Waals surface area contributed by atoms with Gasteiger partial charge in [0.1, 0.15) is 0 Å². The zero-order valence-electron chi connectivity index (χ0n) is 8.12. The van der Waals surface area contributed by atoms with Gasteiger partial charge in [0.25, 0.3) is 5.91 Å². The monoisotopic (exact) mass is 193 g/mol. The molecule has 0 aromatic rings. The zero-order chi connectivity index (χ0) is 10.1. The molecule has 0 unspecified atom stereocenters. The van der Waals surface area contributed by atoms with Gasteiger partial charge in [-0.05, 0) is 19.3 Å². The Kier molecular flexibility index (Phi) is 2.27. The molecule has 1 heterocycles. The Balaban J connectivity index is 2.17. The highest BCUT2D eigenvalue weighted by Crippen LogP contribution is 2.28. The van der Waals surface area contributed by atoms with Crippen LogP contribution in [0.15, 0.2) is 11.3 Å². The first-order valence-electron chi connectivity index (χ1n) is 5.04. The van der Waals surface area contributed by atoms with E-state index in [1.54, 1.807) is 0 Å². The molecule has 3 N–H and O–H groups in total. The number of nitrogens with one attached hydrogen (secondary N) is 1. The predicted molar refractivity (Wildman–Crippen MR) is 54.0 cm³/mol. The van der Waals surface area contributed by atoms with Gasteiger partial charge in [0.05, 0.1) is 5.57 Å². The molecule has 14 heavy (non-hydrogen) atoms. The van der Waals surface area contributed by atoms with Crippen LogP contribution in [-0.4, -0.2) is 29.6 Å². The minimum absolute atomic E-state index is 0.0477. The molecule has 0 atom stereocenters. The van der Waals surface area contributed by atoms with Gasteiger partial charge in [-0.1, -0.05) is 0 Å². The highest BCUT2D eigenvalue weighted by molar-refractivity contribution is 6.12. The summed E-state index contributed by atoms with van der Waals surface area (Å²) in [6.07, 6.45) is 5.23. The van der Waals surface area contributed by atoms with Crippen LogP contribution >= 0.6 is 0 Å². The molecule has 4 nitrogen and oxygen atoms in total. The lowest BCUT2D eigenvalue weighted by molar-refractivity contribution is -0.131. The van der Waals surface area contributed by atoms with E-state index in [9.17, 15) is 4.79 Å². The lowest BCUT2D eigenvalue weighted by Gasteiger charge is -2.39. The summed E-state index contributed by atoms with van der Waals surface area (Å²) in [5.74, 6) is -0.0477. The molecule has 2 rings (SSSR count). The molecule has 1 aliphatic carbocycles. The van der Waals surface area contributed by atoms with E-state index in [0.717, 1.165) is 25.6 Å². The van der Waals surface area contributed by atoms with Crippen LogP contribution in [0.2, 0.25) is 0 Å². The Bertz CT molecular complexity index is 304. The molecule has 76 valence electrons. The number of rotatable bonds is 2.